The number of benzene rings is 2. The molecule has 0 aromatic heterocycles. The van der Waals surface area contributed by atoms with E-state index in [9.17, 15) is 8.42 Å². The van der Waals surface area contributed by atoms with Gasteiger partial charge in [-0.05, 0) is 24.6 Å². The summed E-state index contributed by atoms with van der Waals surface area (Å²) in [5, 5.41) is 0. The highest BCUT2D eigenvalue weighted by molar-refractivity contribution is 7.86. The molecule has 4 nitrogen and oxygen atoms in total. The molecule has 0 unspecified atom stereocenters. The van der Waals surface area contributed by atoms with E-state index < -0.39 is 10.1 Å². The minimum atomic E-state index is -3.70. The molecule has 0 aliphatic carbocycles. The van der Waals surface area contributed by atoms with Crippen molar-refractivity contribution in [3.8, 4) is 0 Å². The number of hydrogen-bond acceptors (Lipinski definition) is 4. The van der Waals surface area contributed by atoms with Crippen LogP contribution in [0.15, 0.2) is 71.6 Å². The van der Waals surface area contributed by atoms with Gasteiger partial charge in [0.15, 0.2) is 0 Å². The maximum Gasteiger partial charge on any atom is 0.297 e. The Morgan fingerprint density at radius 3 is 2.26 bits per heavy atom. The van der Waals surface area contributed by atoms with Crippen molar-refractivity contribution in [2.24, 2.45) is 0 Å². The van der Waals surface area contributed by atoms with Crippen LogP contribution < -0.4 is 0 Å². The molecule has 0 radical (unpaired) electrons. The van der Waals surface area contributed by atoms with Gasteiger partial charge in [-0.25, -0.2) is 0 Å². The van der Waals surface area contributed by atoms with E-state index in [1.165, 1.54) is 12.1 Å². The molecule has 0 atom stereocenters. The number of rotatable bonds is 8. The second-order valence-corrected chi connectivity index (χ2v) is 6.64. The predicted molar refractivity (Wildman–Crippen MR) is 89.6 cm³/mol. The topological polar surface area (TPSA) is 52.6 Å². The Kier molecular flexibility index (Phi) is 6.52. The molecule has 0 amide bonds. The zero-order valence-corrected chi connectivity index (χ0v) is 13.8. The van der Waals surface area contributed by atoms with Gasteiger partial charge in [0.1, 0.15) is 0 Å². The van der Waals surface area contributed by atoms with E-state index in [1.54, 1.807) is 24.3 Å². The van der Waals surface area contributed by atoms with Crippen LogP contribution in [0.1, 0.15) is 11.1 Å². The standard InChI is InChI=1S/C18H20O4S/c1-16-9-11-18(12-10-16)23(19,20)22-14-6-5-13-21-15-17-7-3-2-4-8-17/h2-12H,13-15H2,1H3/b6-5+. The molecule has 5 heteroatoms. The molecule has 0 aliphatic rings. The maximum absolute atomic E-state index is 11.9. The molecule has 2 aromatic rings. The molecule has 0 saturated carbocycles. The van der Waals surface area contributed by atoms with E-state index in [0.717, 1.165) is 11.1 Å². The fourth-order valence-corrected chi connectivity index (χ4v) is 2.72. The van der Waals surface area contributed by atoms with Gasteiger partial charge in [-0.1, -0.05) is 60.2 Å². The molecule has 2 rings (SSSR count). The third-order valence-corrected chi connectivity index (χ3v) is 4.42. The van der Waals surface area contributed by atoms with Gasteiger partial charge < -0.3 is 4.74 Å². The molecule has 0 fully saturated rings. The third-order valence-electron chi connectivity index (χ3n) is 3.12. The van der Waals surface area contributed by atoms with Gasteiger partial charge in [0.05, 0.1) is 24.7 Å². The fourth-order valence-electron chi connectivity index (χ4n) is 1.86. The molecule has 23 heavy (non-hydrogen) atoms. The number of aryl methyl sites for hydroxylation is 1. The molecular weight excluding hydrogens is 312 g/mol. The zero-order chi connectivity index (χ0) is 16.5. The van der Waals surface area contributed by atoms with Crippen molar-refractivity contribution in [2.45, 2.75) is 18.4 Å². The summed E-state index contributed by atoms with van der Waals surface area (Å²) in [5.74, 6) is 0. The van der Waals surface area contributed by atoms with Crippen LogP contribution >= 0.6 is 0 Å². The van der Waals surface area contributed by atoms with Gasteiger partial charge in [0, 0.05) is 0 Å². The van der Waals surface area contributed by atoms with Crippen LogP contribution in [-0.4, -0.2) is 21.6 Å². The summed E-state index contributed by atoms with van der Waals surface area (Å²) in [6, 6.07) is 16.4. The smallest absolute Gasteiger partial charge is 0.297 e. The van der Waals surface area contributed by atoms with E-state index >= 15 is 0 Å². The highest BCUT2D eigenvalue weighted by atomic mass is 32.2. The Balaban J connectivity index is 1.70. The first-order chi connectivity index (χ1) is 11.1. The second-order valence-electron chi connectivity index (χ2n) is 5.02. The lowest BCUT2D eigenvalue weighted by molar-refractivity contribution is 0.148. The summed E-state index contributed by atoms with van der Waals surface area (Å²) in [7, 11) is -3.70. The lowest BCUT2D eigenvalue weighted by Gasteiger charge is -2.04. The minimum absolute atomic E-state index is 0.00902. The Bertz CT molecular complexity index is 719. The van der Waals surface area contributed by atoms with Gasteiger partial charge in [0.25, 0.3) is 10.1 Å². The van der Waals surface area contributed by atoms with Crippen LogP contribution in [0.5, 0.6) is 0 Å². The summed E-state index contributed by atoms with van der Waals surface area (Å²) in [6.07, 6.45) is 3.38. The Labute approximate surface area is 137 Å². The van der Waals surface area contributed by atoms with E-state index in [0.29, 0.717) is 13.2 Å². The first-order valence-electron chi connectivity index (χ1n) is 7.31. The predicted octanol–water partition coefficient (Wildman–Crippen LogP) is 3.47. The van der Waals surface area contributed by atoms with Crippen LogP contribution in [-0.2, 0) is 25.6 Å². The van der Waals surface area contributed by atoms with E-state index in [-0.39, 0.29) is 11.5 Å². The van der Waals surface area contributed by atoms with Crippen LogP contribution in [0.25, 0.3) is 0 Å². The van der Waals surface area contributed by atoms with Crippen molar-refractivity contribution in [2.75, 3.05) is 13.2 Å². The molecule has 0 saturated heterocycles. The fraction of sp³-hybridized carbons (Fsp3) is 0.222. The molecule has 0 heterocycles. The Morgan fingerprint density at radius 1 is 0.913 bits per heavy atom. The first kappa shape index (κ1) is 17.4. The molecule has 0 aliphatic heterocycles. The first-order valence-corrected chi connectivity index (χ1v) is 8.71. The number of ether oxygens (including phenoxy) is 1. The highest BCUT2D eigenvalue weighted by Gasteiger charge is 2.13. The second kappa shape index (κ2) is 8.62. The average Bonchev–Trinajstić information content (AvgIpc) is 2.55. The summed E-state index contributed by atoms with van der Waals surface area (Å²) in [6.45, 7) is 2.82. The normalized spacial score (nSPS) is 11.9. The van der Waals surface area contributed by atoms with Crippen LogP contribution in [0, 0.1) is 6.92 Å². The van der Waals surface area contributed by atoms with Crippen LogP contribution in [0.3, 0.4) is 0 Å². The molecule has 2 aromatic carbocycles. The third kappa shape index (κ3) is 5.98. The molecule has 0 N–H and O–H groups in total. The quantitative estimate of drug-likeness (QED) is 0.422. The molecule has 122 valence electrons. The van der Waals surface area contributed by atoms with Crippen molar-refractivity contribution in [3.05, 3.63) is 77.9 Å². The van der Waals surface area contributed by atoms with E-state index in [4.69, 9.17) is 8.92 Å². The molecule has 0 spiro atoms. The van der Waals surface area contributed by atoms with Gasteiger partial charge in [-0.3, -0.25) is 4.18 Å². The highest BCUT2D eigenvalue weighted by Crippen LogP contribution is 2.13. The summed E-state index contributed by atoms with van der Waals surface area (Å²) in [5.41, 5.74) is 2.10. The largest absolute Gasteiger partial charge is 0.373 e. The SMILES string of the molecule is Cc1ccc(S(=O)(=O)OC/C=C/COCc2ccccc2)cc1. The van der Waals surface area contributed by atoms with E-state index in [2.05, 4.69) is 0 Å². The lowest BCUT2D eigenvalue weighted by atomic mass is 10.2. The minimum Gasteiger partial charge on any atom is -0.373 e. The van der Waals surface area contributed by atoms with Crippen molar-refractivity contribution in [3.63, 3.8) is 0 Å². The van der Waals surface area contributed by atoms with Crippen LogP contribution in [0.4, 0.5) is 0 Å². The van der Waals surface area contributed by atoms with Crippen molar-refractivity contribution in [1.82, 2.24) is 0 Å². The van der Waals surface area contributed by atoms with E-state index in [1.807, 2.05) is 37.3 Å². The van der Waals surface area contributed by atoms with Gasteiger partial charge >= 0.3 is 0 Å². The zero-order valence-electron chi connectivity index (χ0n) is 13.0. The molecular formula is C18H20O4S. The van der Waals surface area contributed by atoms with Gasteiger partial charge in [-0.15, -0.1) is 0 Å². The Morgan fingerprint density at radius 2 is 1.57 bits per heavy atom. The van der Waals surface area contributed by atoms with Crippen LogP contribution in [0.2, 0.25) is 0 Å². The summed E-state index contributed by atoms with van der Waals surface area (Å²) >= 11 is 0. The number of hydrogen-bond donors (Lipinski definition) is 0. The van der Waals surface area contributed by atoms with Gasteiger partial charge in [0.2, 0.25) is 0 Å². The van der Waals surface area contributed by atoms with Crippen molar-refractivity contribution >= 4 is 10.1 Å². The van der Waals surface area contributed by atoms with Crippen molar-refractivity contribution < 1.29 is 17.3 Å². The maximum atomic E-state index is 11.9. The summed E-state index contributed by atoms with van der Waals surface area (Å²) in [4.78, 5) is 0.164. The Hall–Kier alpha value is -1.95. The lowest BCUT2D eigenvalue weighted by Crippen LogP contribution is -2.06. The van der Waals surface area contributed by atoms with Crippen molar-refractivity contribution in [1.29, 1.82) is 0 Å². The van der Waals surface area contributed by atoms with Gasteiger partial charge in [-0.2, -0.15) is 8.42 Å². The molecule has 0 bridgehead atoms. The summed E-state index contributed by atoms with van der Waals surface area (Å²) < 4.78 is 34.3. The average molecular weight is 332 g/mol. The monoisotopic (exact) mass is 332 g/mol.